The summed E-state index contributed by atoms with van der Waals surface area (Å²) < 4.78 is 24.0. The van der Waals surface area contributed by atoms with Gasteiger partial charge in [-0.25, -0.2) is 4.39 Å². The quantitative estimate of drug-likeness (QED) is 0.695. The molecule has 1 N–H and O–H groups in total. The molecule has 2 aliphatic rings. The molecular weight excluding hydrogens is 415 g/mol. The number of fused-ring (bicyclic) bond motifs is 1. The average molecular weight is 440 g/mol. The number of piperidine rings is 1. The lowest BCUT2D eigenvalue weighted by atomic mass is 9.92. The zero-order valence-electron chi connectivity index (χ0n) is 17.9. The predicted molar refractivity (Wildman–Crippen MR) is 115 cm³/mol. The number of halogens is 1. The van der Waals surface area contributed by atoms with E-state index in [-0.39, 0.29) is 42.5 Å². The van der Waals surface area contributed by atoms with E-state index in [0.717, 1.165) is 0 Å². The fourth-order valence-electron chi connectivity index (χ4n) is 4.12. The van der Waals surface area contributed by atoms with Crippen LogP contribution < -0.4 is 14.8 Å². The van der Waals surface area contributed by atoms with E-state index in [2.05, 4.69) is 5.32 Å². The number of benzene rings is 2. The number of hydrogen-bond donors (Lipinski definition) is 1. The van der Waals surface area contributed by atoms with Crippen molar-refractivity contribution in [2.75, 3.05) is 25.2 Å². The normalized spacial score (nSPS) is 15.5. The van der Waals surface area contributed by atoms with Crippen LogP contribution in [0.25, 0.3) is 0 Å². The molecule has 2 heterocycles. The van der Waals surface area contributed by atoms with Crippen LogP contribution in [0.15, 0.2) is 36.4 Å². The van der Waals surface area contributed by atoms with E-state index in [0.29, 0.717) is 60.7 Å². The van der Waals surface area contributed by atoms with E-state index in [1.165, 1.54) is 19.1 Å². The molecule has 2 aromatic carbocycles. The molecule has 7 nitrogen and oxygen atoms in total. The summed E-state index contributed by atoms with van der Waals surface area (Å²) in [6, 6.07) is 9.27. The van der Waals surface area contributed by atoms with Crippen LogP contribution in [0.4, 0.5) is 10.1 Å². The first-order valence-electron chi connectivity index (χ1n) is 10.7. The SMILES string of the molecule is CC(=O)c1cc2c(cc1NC(=O)CC1CCN(C(=O)Cc3cccc(F)c3)CC1)OCO2. The van der Waals surface area contributed by atoms with Crippen LogP contribution in [0, 0.1) is 11.7 Å². The minimum absolute atomic E-state index is 0.0371. The Hall–Kier alpha value is -3.42. The summed E-state index contributed by atoms with van der Waals surface area (Å²) in [6.07, 6.45) is 1.89. The number of anilines is 1. The molecule has 8 heteroatoms. The Morgan fingerprint density at radius 3 is 2.50 bits per heavy atom. The maximum Gasteiger partial charge on any atom is 0.231 e. The third-order valence-corrected chi connectivity index (χ3v) is 5.85. The minimum Gasteiger partial charge on any atom is -0.454 e. The van der Waals surface area contributed by atoms with Crippen molar-refractivity contribution in [3.8, 4) is 11.5 Å². The molecule has 0 unspecified atom stereocenters. The number of rotatable bonds is 6. The second kappa shape index (κ2) is 9.38. The third kappa shape index (κ3) is 5.07. The Morgan fingerprint density at radius 2 is 1.81 bits per heavy atom. The fraction of sp³-hybridized carbons (Fsp3) is 0.375. The van der Waals surface area contributed by atoms with Gasteiger partial charge in [0.2, 0.25) is 18.6 Å². The van der Waals surface area contributed by atoms with Crippen molar-refractivity contribution in [2.24, 2.45) is 5.92 Å². The van der Waals surface area contributed by atoms with E-state index < -0.39 is 0 Å². The molecular formula is C24H25FN2O5. The number of carbonyl (C=O) groups excluding carboxylic acids is 3. The zero-order chi connectivity index (χ0) is 22.7. The highest BCUT2D eigenvalue weighted by molar-refractivity contribution is 6.04. The average Bonchev–Trinajstić information content (AvgIpc) is 3.21. The molecule has 0 bridgehead atoms. The number of amides is 2. The molecule has 32 heavy (non-hydrogen) atoms. The molecule has 4 rings (SSSR count). The third-order valence-electron chi connectivity index (χ3n) is 5.85. The number of ether oxygens (including phenoxy) is 2. The van der Waals surface area contributed by atoms with Gasteiger partial charge in [0.05, 0.1) is 12.1 Å². The molecule has 0 saturated carbocycles. The summed E-state index contributed by atoms with van der Waals surface area (Å²) >= 11 is 0. The Balaban J connectivity index is 1.29. The van der Waals surface area contributed by atoms with Crippen molar-refractivity contribution in [1.82, 2.24) is 4.90 Å². The van der Waals surface area contributed by atoms with Crippen LogP contribution in [-0.4, -0.2) is 42.4 Å². The van der Waals surface area contributed by atoms with Crippen LogP contribution in [0.1, 0.15) is 42.1 Å². The Kier molecular flexibility index (Phi) is 6.39. The van der Waals surface area contributed by atoms with Crippen LogP contribution in [0.5, 0.6) is 11.5 Å². The van der Waals surface area contributed by atoms with Gasteiger partial charge in [-0.1, -0.05) is 12.1 Å². The highest BCUT2D eigenvalue weighted by Crippen LogP contribution is 2.37. The molecule has 2 amide bonds. The first kappa shape index (κ1) is 21.8. The largest absolute Gasteiger partial charge is 0.454 e. The summed E-state index contributed by atoms with van der Waals surface area (Å²) in [6.45, 7) is 2.65. The first-order chi connectivity index (χ1) is 15.4. The topological polar surface area (TPSA) is 84.9 Å². The minimum atomic E-state index is -0.351. The van der Waals surface area contributed by atoms with Gasteiger partial charge >= 0.3 is 0 Å². The molecule has 168 valence electrons. The van der Waals surface area contributed by atoms with E-state index in [4.69, 9.17) is 9.47 Å². The second-order valence-corrected chi connectivity index (χ2v) is 8.19. The highest BCUT2D eigenvalue weighted by atomic mass is 19.1. The van der Waals surface area contributed by atoms with Crippen molar-refractivity contribution in [2.45, 2.75) is 32.6 Å². The van der Waals surface area contributed by atoms with E-state index >= 15 is 0 Å². The maximum atomic E-state index is 13.3. The van der Waals surface area contributed by atoms with E-state index in [9.17, 15) is 18.8 Å². The lowest BCUT2D eigenvalue weighted by Gasteiger charge is -2.32. The molecule has 0 atom stereocenters. The number of ketones is 1. The van der Waals surface area contributed by atoms with Crippen LogP contribution in [0.3, 0.4) is 0 Å². The van der Waals surface area contributed by atoms with Crippen LogP contribution in [-0.2, 0) is 16.0 Å². The molecule has 2 aliphatic heterocycles. The molecule has 0 aliphatic carbocycles. The van der Waals surface area contributed by atoms with Gasteiger partial charge in [-0.15, -0.1) is 0 Å². The van der Waals surface area contributed by atoms with Gasteiger partial charge in [0.25, 0.3) is 0 Å². The van der Waals surface area contributed by atoms with Gasteiger partial charge in [0.15, 0.2) is 17.3 Å². The summed E-state index contributed by atoms with van der Waals surface area (Å²) in [5.74, 6) is 0.377. The van der Waals surface area contributed by atoms with Gasteiger partial charge < -0.3 is 19.7 Å². The number of Topliss-reactive ketones (excluding diaryl/α,β-unsaturated/α-hetero) is 1. The predicted octanol–water partition coefficient (Wildman–Crippen LogP) is 3.57. The van der Waals surface area contributed by atoms with Crippen LogP contribution >= 0.6 is 0 Å². The van der Waals surface area contributed by atoms with Crippen molar-refractivity contribution >= 4 is 23.3 Å². The molecule has 2 aromatic rings. The maximum absolute atomic E-state index is 13.3. The Morgan fingerprint density at radius 1 is 1.09 bits per heavy atom. The number of nitrogens with zero attached hydrogens (tertiary/aromatic N) is 1. The standard InChI is InChI=1S/C24H25FN2O5/c1-15(28)19-12-21-22(32-14-31-21)13-20(19)26-23(29)10-16-5-7-27(8-6-16)24(30)11-17-3-2-4-18(25)9-17/h2-4,9,12-13,16H,5-8,10-11,14H2,1H3,(H,26,29). The van der Waals surface area contributed by atoms with Gasteiger partial charge in [0, 0.05) is 31.1 Å². The summed E-state index contributed by atoms with van der Waals surface area (Å²) in [4.78, 5) is 38.9. The van der Waals surface area contributed by atoms with Gasteiger partial charge in [-0.2, -0.15) is 0 Å². The number of hydrogen-bond acceptors (Lipinski definition) is 5. The molecule has 1 fully saturated rings. The smallest absolute Gasteiger partial charge is 0.231 e. The zero-order valence-corrected chi connectivity index (χ0v) is 17.9. The van der Waals surface area contributed by atoms with Gasteiger partial charge in [0.1, 0.15) is 5.82 Å². The molecule has 0 spiro atoms. The van der Waals surface area contributed by atoms with Crippen LogP contribution in [0.2, 0.25) is 0 Å². The molecule has 0 aromatic heterocycles. The monoisotopic (exact) mass is 440 g/mol. The number of likely N-dealkylation sites (tertiary alicyclic amines) is 1. The van der Waals surface area contributed by atoms with Crippen molar-refractivity contribution in [3.05, 3.63) is 53.3 Å². The van der Waals surface area contributed by atoms with E-state index in [1.54, 1.807) is 29.2 Å². The first-order valence-corrected chi connectivity index (χ1v) is 10.7. The van der Waals surface area contributed by atoms with Crippen molar-refractivity contribution in [3.63, 3.8) is 0 Å². The second-order valence-electron chi connectivity index (χ2n) is 8.19. The molecule has 1 saturated heterocycles. The lowest BCUT2D eigenvalue weighted by Crippen LogP contribution is -2.40. The number of nitrogens with one attached hydrogen (secondary N) is 1. The lowest BCUT2D eigenvalue weighted by molar-refractivity contribution is -0.131. The Bertz CT molecular complexity index is 1050. The van der Waals surface area contributed by atoms with Crippen molar-refractivity contribution in [1.29, 1.82) is 0 Å². The van der Waals surface area contributed by atoms with Gasteiger partial charge in [-0.05, 0) is 49.4 Å². The number of carbonyl (C=O) groups is 3. The highest BCUT2D eigenvalue weighted by Gasteiger charge is 2.26. The summed E-state index contributed by atoms with van der Waals surface area (Å²) in [5, 5.41) is 2.83. The fourth-order valence-corrected chi connectivity index (χ4v) is 4.12. The molecule has 0 radical (unpaired) electrons. The van der Waals surface area contributed by atoms with Gasteiger partial charge in [-0.3, -0.25) is 14.4 Å². The van der Waals surface area contributed by atoms with E-state index in [1.807, 2.05) is 0 Å². The Labute approximate surface area is 185 Å². The van der Waals surface area contributed by atoms with Crippen molar-refractivity contribution < 1.29 is 28.2 Å². The summed E-state index contributed by atoms with van der Waals surface area (Å²) in [7, 11) is 0. The summed E-state index contributed by atoms with van der Waals surface area (Å²) in [5.41, 5.74) is 1.44.